The Kier molecular flexibility index (Phi) is 4.61. The van der Waals surface area contributed by atoms with Crippen molar-refractivity contribution in [2.24, 2.45) is 0 Å². The number of ether oxygens (including phenoxy) is 1. The van der Waals surface area contributed by atoms with Crippen LogP contribution in [-0.4, -0.2) is 46.5 Å². The number of nitro groups is 1. The highest BCUT2D eigenvalue weighted by Gasteiger charge is 2.33. The summed E-state index contributed by atoms with van der Waals surface area (Å²) in [7, 11) is 0. The number of nitrogens with one attached hydrogen (secondary N) is 1. The Bertz CT molecular complexity index is 740. The smallest absolute Gasteiger partial charge is 0.273 e. The van der Waals surface area contributed by atoms with Crippen LogP contribution in [0.1, 0.15) is 17.4 Å². The van der Waals surface area contributed by atoms with E-state index in [0.29, 0.717) is 24.5 Å². The first-order valence-electron chi connectivity index (χ1n) is 7.46. The lowest BCUT2D eigenvalue weighted by molar-refractivity contribution is -0.384. The second-order valence-electron chi connectivity index (χ2n) is 5.27. The zero-order chi connectivity index (χ0) is 17.1. The molecule has 3 rings (SSSR count). The molecule has 1 saturated heterocycles. The standard InChI is InChI=1S/C15H16N4O4S/c1-2-16-15-17-13(9-24-15)14(20)18-7-12(8-18)23-11-5-3-10(4-6-11)19(21)22/h3-6,9,12H,2,7-8H2,1H3,(H,16,17). The van der Waals surface area contributed by atoms with Crippen molar-refractivity contribution in [3.8, 4) is 5.75 Å². The van der Waals surface area contributed by atoms with E-state index in [1.807, 2.05) is 6.92 Å². The van der Waals surface area contributed by atoms with E-state index in [-0.39, 0.29) is 17.7 Å². The molecule has 126 valence electrons. The number of thiazole rings is 1. The average molecular weight is 348 g/mol. The second kappa shape index (κ2) is 6.83. The zero-order valence-electron chi connectivity index (χ0n) is 13.0. The Morgan fingerprint density at radius 3 is 2.79 bits per heavy atom. The minimum atomic E-state index is -0.455. The summed E-state index contributed by atoms with van der Waals surface area (Å²) in [5.41, 5.74) is 0.456. The molecule has 1 aliphatic rings. The van der Waals surface area contributed by atoms with Crippen LogP contribution >= 0.6 is 11.3 Å². The van der Waals surface area contributed by atoms with E-state index < -0.39 is 4.92 Å². The van der Waals surface area contributed by atoms with Gasteiger partial charge in [-0.2, -0.15) is 0 Å². The molecule has 0 atom stereocenters. The predicted molar refractivity (Wildman–Crippen MR) is 89.7 cm³/mol. The monoisotopic (exact) mass is 348 g/mol. The third kappa shape index (κ3) is 3.46. The van der Waals surface area contributed by atoms with Gasteiger partial charge in [0.25, 0.3) is 11.6 Å². The Morgan fingerprint density at radius 1 is 1.46 bits per heavy atom. The molecule has 0 radical (unpaired) electrons. The topological polar surface area (TPSA) is 97.6 Å². The molecule has 0 unspecified atom stereocenters. The molecule has 24 heavy (non-hydrogen) atoms. The molecule has 1 aromatic heterocycles. The van der Waals surface area contributed by atoms with Gasteiger partial charge in [-0.15, -0.1) is 11.3 Å². The van der Waals surface area contributed by atoms with E-state index >= 15 is 0 Å². The predicted octanol–water partition coefficient (Wildman–Crippen LogP) is 2.39. The van der Waals surface area contributed by atoms with E-state index in [9.17, 15) is 14.9 Å². The van der Waals surface area contributed by atoms with Crippen LogP contribution in [0.2, 0.25) is 0 Å². The van der Waals surface area contributed by atoms with Crippen molar-refractivity contribution in [1.82, 2.24) is 9.88 Å². The molecule has 1 amide bonds. The summed E-state index contributed by atoms with van der Waals surface area (Å²) in [5.74, 6) is 0.444. The summed E-state index contributed by atoms with van der Waals surface area (Å²) in [5, 5.41) is 16.2. The SMILES string of the molecule is CCNc1nc(C(=O)N2CC(Oc3ccc([N+](=O)[O-])cc3)C2)cs1. The largest absolute Gasteiger partial charge is 0.487 e. The molecule has 0 aliphatic carbocycles. The first kappa shape index (κ1) is 16.2. The number of anilines is 1. The summed E-state index contributed by atoms with van der Waals surface area (Å²) in [6.07, 6.45) is -0.109. The van der Waals surface area contributed by atoms with Gasteiger partial charge in [0.15, 0.2) is 5.13 Å². The number of likely N-dealkylation sites (tertiary alicyclic amines) is 1. The fourth-order valence-electron chi connectivity index (χ4n) is 2.28. The summed E-state index contributed by atoms with van der Waals surface area (Å²) in [6.45, 7) is 3.68. The van der Waals surface area contributed by atoms with Gasteiger partial charge in [0.05, 0.1) is 18.0 Å². The Hall–Kier alpha value is -2.68. The molecule has 1 aliphatic heterocycles. The Labute approximate surface area is 142 Å². The normalized spacial score (nSPS) is 14.1. The first-order valence-corrected chi connectivity index (χ1v) is 8.34. The lowest BCUT2D eigenvalue weighted by atomic mass is 10.1. The number of carbonyl (C=O) groups is 1. The number of hydrogen-bond acceptors (Lipinski definition) is 7. The summed E-state index contributed by atoms with van der Waals surface area (Å²) in [4.78, 5) is 28.3. The fourth-order valence-corrected chi connectivity index (χ4v) is 3.04. The van der Waals surface area contributed by atoms with E-state index in [1.54, 1.807) is 22.4 Å². The molecule has 9 heteroatoms. The van der Waals surface area contributed by atoms with Crippen LogP contribution in [0.5, 0.6) is 5.75 Å². The molecule has 0 spiro atoms. The maximum atomic E-state index is 12.3. The molecule has 1 N–H and O–H groups in total. The van der Waals surface area contributed by atoms with E-state index in [2.05, 4.69) is 10.3 Å². The van der Waals surface area contributed by atoms with Crippen molar-refractivity contribution < 1.29 is 14.5 Å². The molecule has 0 saturated carbocycles. The number of non-ortho nitro benzene ring substituents is 1. The lowest BCUT2D eigenvalue weighted by Crippen LogP contribution is -2.56. The second-order valence-corrected chi connectivity index (χ2v) is 6.13. The van der Waals surface area contributed by atoms with Gasteiger partial charge in [-0.05, 0) is 19.1 Å². The number of nitrogens with zero attached hydrogens (tertiary/aromatic N) is 3. The van der Waals surface area contributed by atoms with Gasteiger partial charge in [-0.25, -0.2) is 4.98 Å². The summed E-state index contributed by atoms with van der Waals surface area (Å²) in [6, 6.07) is 5.92. The van der Waals surface area contributed by atoms with Crippen molar-refractivity contribution in [3.05, 3.63) is 45.5 Å². The maximum Gasteiger partial charge on any atom is 0.273 e. The number of carbonyl (C=O) groups excluding carboxylic acids is 1. The molecular weight excluding hydrogens is 332 g/mol. The number of nitro benzene ring substituents is 1. The van der Waals surface area contributed by atoms with Crippen LogP contribution in [0.4, 0.5) is 10.8 Å². The molecular formula is C15H16N4O4S. The van der Waals surface area contributed by atoms with E-state index in [1.165, 1.54) is 23.5 Å². The van der Waals surface area contributed by atoms with Gasteiger partial charge in [0.1, 0.15) is 17.5 Å². The van der Waals surface area contributed by atoms with Crippen LogP contribution in [0.25, 0.3) is 0 Å². The third-order valence-corrected chi connectivity index (χ3v) is 4.34. The van der Waals surface area contributed by atoms with Crippen LogP contribution in [-0.2, 0) is 0 Å². The van der Waals surface area contributed by atoms with Crippen LogP contribution in [0.15, 0.2) is 29.6 Å². The molecule has 2 aromatic rings. The van der Waals surface area contributed by atoms with Crippen LogP contribution < -0.4 is 10.1 Å². The Balaban J connectivity index is 1.51. The molecule has 1 fully saturated rings. The van der Waals surface area contributed by atoms with Crippen molar-refractivity contribution >= 4 is 28.1 Å². The molecule has 0 bridgehead atoms. The fraction of sp³-hybridized carbons (Fsp3) is 0.333. The number of benzene rings is 1. The van der Waals surface area contributed by atoms with E-state index in [4.69, 9.17) is 4.74 Å². The lowest BCUT2D eigenvalue weighted by Gasteiger charge is -2.38. The van der Waals surface area contributed by atoms with Crippen molar-refractivity contribution in [2.45, 2.75) is 13.0 Å². The van der Waals surface area contributed by atoms with E-state index in [0.717, 1.165) is 11.7 Å². The maximum absolute atomic E-state index is 12.3. The number of rotatable bonds is 6. The average Bonchev–Trinajstić information content (AvgIpc) is 2.99. The van der Waals surface area contributed by atoms with Crippen LogP contribution in [0, 0.1) is 10.1 Å². The van der Waals surface area contributed by atoms with Gasteiger partial charge in [0, 0.05) is 24.1 Å². The van der Waals surface area contributed by atoms with Crippen molar-refractivity contribution in [1.29, 1.82) is 0 Å². The number of hydrogen-bond donors (Lipinski definition) is 1. The van der Waals surface area contributed by atoms with Crippen molar-refractivity contribution in [3.63, 3.8) is 0 Å². The minimum Gasteiger partial charge on any atom is -0.487 e. The summed E-state index contributed by atoms with van der Waals surface area (Å²) < 4.78 is 5.70. The van der Waals surface area contributed by atoms with Gasteiger partial charge in [-0.3, -0.25) is 14.9 Å². The highest BCUT2D eigenvalue weighted by Crippen LogP contribution is 2.23. The number of aromatic nitrogens is 1. The molecule has 2 heterocycles. The van der Waals surface area contributed by atoms with Crippen molar-refractivity contribution in [2.75, 3.05) is 25.0 Å². The van der Waals surface area contributed by atoms with Gasteiger partial charge in [0.2, 0.25) is 0 Å². The molecule has 1 aromatic carbocycles. The first-order chi connectivity index (χ1) is 11.6. The summed E-state index contributed by atoms with van der Waals surface area (Å²) >= 11 is 1.41. The zero-order valence-corrected chi connectivity index (χ0v) is 13.8. The highest BCUT2D eigenvalue weighted by molar-refractivity contribution is 7.13. The third-order valence-electron chi connectivity index (χ3n) is 3.54. The van der Waals surface area contributed by atoms with Gasteiger partial charge in [-0.1, -0.05) is 0 Å². The Morgan fingerprint density at radius 2 is 2.17 bits per heavy atom. The quantitative estimate of drug-likeness (QED) is 0.636. The highest BCUT2D eigenvalue weighted by atomic mass is 32.1. The van der Waals surface area contributed by atoms with Gasteiger partial charge >= 0.3 is 0 Å². The molecule has 8 nitrogen and oxygen atoms in total. The van der Waals surface area contributed by atoms with Crippen LogP contribution in [0.3, 0.4) is 0 Å². The van der Waals surface area contributed by atoms with Gasteiger partial charge < -0.3 is 15.0 Å². The number of amides is 1. The minimum absolute atomic E-state index is 0.0211.